The predicted molar refractivity (Wildman–Crippen MR) is 76.9 cm³/mol. The van der Waals surface area contributed by atoms with Gasteiger partial charge in [0.15, 0.2) is 0 Å². The maximum absolute atomic E-state index is 12.6. The van der Waals surface area contributed by atoms with Gasteiger partial charge in [-0.1, -0.05) is 30.3 Å². The van der Waals surface area contributed by atoms with Crippen molar-refractivity contribution < 1.29 is 13.5 Å². The standard InChI is InChI=1S/C15H13NO3S/c17-11-12-5-7-14(8-6-12)20(18,19)16-10-9-13-3-1-2-4-15(13)16/h1-10,17H,11H2. The van der Waals surface area contributed by atoms with E-state index in [1.54, 1.807) is 30.5 Å². The number of aromatic nitrogens is 1. The van der Waals surface area contributed by atoms with Crippen LogP contribution in [0.2, 0.25) is 0 Å². The lowest BCUT2D eigenvalue weighted by molar-refractivity contribution is 0.282. The second-order valence-corrected chi connectivity index (χ2v) is 6.29. The Morgan fingerprint density at radius 3 is 2.35 bits per heavy atom. The van der Waals surface area contributed by atoms with E-state index in [2.05, 4.69) is 0 Å². The summed E-state index contributed by atoms with van der Waals surface area (Å²) in [5.41, 5.74) is 1.33. The molecule has 5 heteroatoms. The predicted octanol–water partition coefficient (Wildman–Crippen LogP) is 2.37. The fourth-order valence-electron chi connectivity index (χ4n) is 2.15. The van der Waals surface area contributed by atoms with E-state index in [1.165, 1.54) is 16.1 Å². The first kappa shape index (κ1) is 12.9. The topological polar surface area (TPSA) is 59.3 Å². The molecular formula is C15H13NO3S. The summed E-state index contributed by atoms with van der Waals surface area (Å²) in [7, 11) is -3.61. The summed E-state index contributed by atoms with van der Waals surface area (Å²) in [6, 6.07) is 15.3. The number of para-hydroxylation sites is 1. The van der Waals surface area contributed by atoms with E-state index in [9.17, 15) is 8.42 Å². The van der Waals surface area contributed by atoms with Crippen LogP contribution in [0, 0.1) is 0 Å². The third kappa shape index (κ3) is 2.01. The molecule has 3 aromatic rings. The lowest BCUT2D eigenvalue weighted by atomic mass is 10.2. The molecular weight excluding hydrogens is 274 g/mol. The number of nitrogens with zero attached hydrogens (tertiary/aromatic N) is 1. The van der Waals surface area contributed by atoms with Crippen LogP contribution in [0.15, 0.2) is 65.7 Å². The molecule has 0 aliphatic carbocycles. The summed E-state index contributed by atoms with van der Waals surface area (Å²) in [5, 5.41) is 9.88. The minimum atomic E-state index is -3.61. The minimum absolute atomic E-state index is 0.104. The summed E-state index contributed by atoms with van der Waals surface area (Å²) >= 11 is 0. The number of hydrogen-bond acceptors (Lipinski definition) is 3. The van der Waals surface area contributed by atoms with Crippen molar-refractivity contribution in [1.29, 1.82) is 0 Å². The zero-order chi connectivity index (χ0) is 14.2. The molecule has 0 unspecified atom stereocenters. The highest BCUT2D eigenvalue weighted by atomic mass is 32.2. The van der Waals surface area contributed by atoms with Crippen molar-refractivity contribution >= 4 is 20.9 Å². The molecule has 0 spiro atoms. The van der Waals surface area contributed by atoms with Gasteiger partial charge < -0.3 is 5.11 Å². The molecule has 0 atom stereocenters. The average molecular weight is 287 g/mol. The number of rotatable bonds is 3. The van der Waals surface area contributed by atoms with Crippen molar-refractivity contribution in [1.82, 2.24) is 3.97 Å². The molecule has 0 radical (unpaired) electrons. The Balaban J connectivity index is 2.15. The zero-order valence-corrected chi connectivity index (χ0v) is 11.4. The smallest absolute Gasteiger partial charge is 0.268 e. The third-order valence-electron chi connectivity index (χ3n) is 3.23. The molecule has 0 aliphatic heterocycles. The normalized spacial score (nSPS) is 11.8. The molecule has 0 aliphatic rings. The minimum Gasteiger partial charge on any atom is -0.392 e. The monoisotopic (exact) mass is 287 g/mol. The van der Waals surface area contributed by atoms with Gasteiger partial charge in [0.25, 0.3) is 10.0 Å². The Morgan fingerprint density at radius 1 is 0.950 bits per heavy atom. The quantitative estimate of drug-likeness (QED) is 0.804. The van der Waals surface area contributed by atoms with E-state index in [0.717, 1.165) is 5.39 Å². The second-order valence-electron chi connectivity index (χ2n) is 4.48. The van der Waals surface area contributed by atoms with Crippen molar-refractivity contribution in [2.45, 2.75) is 11.5 Å². The van der Waals surface area contributed by atoms with Gasteiger partial charge in [0.05, 0.1) is 17.0 Å². The number of hydrogen-bond donors (Lipinski definition) is 1. The summed E-state index contributed by atoms with van der Waals surface area (Å²) in [6.45, 7) is -0.104. The maximum Gasteiger partial charge on any atom is 0.268 e. The Kier molecular flexibility index (Phi) is 3.08. The van der Waals surface area contributed by atoms with Crippen LogP contribution in [0.5, 0.6) is 0 Å². The Labute approximate surface area is 117 Å². The van der Waals surface area contributed by atoms with Crippen LogP contribution in [-0.2, 0) is 16.6 Å². The van der Waals surface area contributed by atoms with E-state index in [1.807, 2.05) is 18.2 Å². The van der Waals surface area contributed by atoms with Crippen LogP contribution < -0.4 is 0 Å². The number of aliphatic hydroxyl groups excluding tert-OH is 1. The zero-order valence-electron chi connectivity index (χ0n) is 10.6. The first-order valence-electron chi connectivity index (χ1n) is 6.14. The van der Waals surface area contributed by atoms with Crippen molar-refractivity contribution in [2.75, 3.05) is 0 Å². The van der Waals surface area contributed by atoms with Gasteiger partial charge in [-0.3, -0.25) is 0 Å². The molecule has 0 fully saturated rings. The van der Waals surface area contributed by atoms with Gasteiger partial charge >= 0.3 is 0 Å². The van der Waals surface area contributed by atoms with Gasteiger partial charge in [0.2, 0.25) is 0 Å². The summed E-state index contributed by atoms with van der Waals surface area (Å²) < 4.78 is 26.5. The van der Waals surface area contributed by atoms with E-state index >= 15 is 0 Å². The summed E-state index contributed by atoms with van der Waals surface area (Å²) in [4.78, 5) is 0.205. The molecule has 0 saturated heterocycles. The van der Waals surface area contributed by atoms with E-state index in [-0.39, 0.29) is 11.5 Å². The van der Waals surface area contributed by atoms with Gasteiger partial charge in [-0.25, -0.2) is 12.4 Å². The van der Waals surface area contributed by atoms with E-state index in [0.29, 0.717) is 11.1 Å². The maximum atomic E-state index is 12.6. The van der Waals surface area contributed by atoms with Crippen LogP contribution in [-0.4, -0.2) is 17.5 Å². The number of aliphatic hydroxyl groups is 1. The largest absolute Gasteiger partial charge is 0.392 e. The Bertz CT molecular complexity index is 848. The van der Waals surface area contributed by atoms with Crippen molar-refractivity contribution in [3.63, 3.8) is 0 Å². The Morgan fingerprint density at radius 2 is 1.65 bits per heavy atom. The lowest BCUT2D eigenvalue weighted by Crippen LogP contribution is -2.11. The molecule has 0 amide bonds. The van der Waals surface area contributed by atoms with Crippen LogP contribution in [0.3, 0.4) is 0 Å². The number of benzene rings is 2. The molecule has 0 bridgehead atoms. The highest BCUT2D eigenvalue weighted by Crippen LogP contribution is 2.22. The Hall–Kier alpha value is -2.11. The van der Waals surface area contributed by atoms with Crippen LogP contribution in [0.25, 0.3) is 10.9 Å². The molecule has 1 heterocycles. The molecule has 2 aromatic carbocycles. The highest BCUT2D eigenvalue weighted by Gasteiger charge is 2.18. The van der Waals surface area contributed by atoms with E-state index in [4.69, 9.17) is 5.11 Å². The van der Waals surface area contributed by atoms with Crippen molar-refractivity contribution in [3.8, 4) is 0 Å². The van der Waals surface area contributed by atoms with Gasteiger partial charge in [-0.05, 0) is 29.8 Å². The molecule has 3 rings (SSSR count). The second kappa shape index (κ2) is 4.77. The lowest BCUT2D eigenvalue weighted by Gasteiger charge is -2.08. The summed E-state index contributed by atoms with van der Waals surface area (Å²) in [6.07, 6.45) is 1.56. The third-order valence-corrected chi connectivity index (χ3v) is 4.93. The van der Waals surface area contributed by atoms with Crippen LogP contribution in [0.4, 0.5) is 0 Å². The van der Waals surface area contributed by atoms with Gasteiger partial charge in [-0.15, -0.1) is 0 Å². The SMILES string of the molecule is O=S(=O)(c1ccc(CO)cc1)n1ccc2ccccc21. The van der Waals surface area contributed by atoms with Crippen molar-refractivity contribution in [2.24, 2.45) is 0 Å². The van der Waals surface area contributed by atoms with Crippen molar-refractivity contribution in [3.05, 3.63) is 66.4 Å². The molecule has 20 heavy (non-hydrogen) atoms. The van der Waals surface area contributed by atoms with Crippen LogP contribution >= 0.6 is 0 Å². The van der Waals surface area contributed by atoms with E-state index < -0.39 is 10.0 Å². The molecule has 1 aromatic heterocycles. The first-order valence-corrected chi connectivity index (χ1v) is 7.58. The number of fused-ring (bicyclic) bond motifs is 1. The summed E-state index contributed by atoms with van der Waals surface area (Å²) in [5.74, 6) is 0. The molecule has 1 N–H and O–H groups in total. The fourth-order valence-corrected chi connectivity index (χ4v) is 3.50. The molecule has 4 nitrogen and oxygen atoms in total. The first-order chi connectivity index (χ1) is 9.63. The van der Waals surface area contributed by atoms with Crippen LogP contribution in [0.1, 0.15) is 5.56 Å². The molecule has 0 saturated carbocycles. The highest BCUT2D eigenvalue weighted by molar-refractivity contribution is 7.90. The fraction of sp³-hybridized carbons (Fsp3) is 0.0667. The molecule has 102 valence electrons. The average Bonchev–Trinajstić information content (AvgIpc) is 2.92. The van der Waals surface area contributed by atoms with Gasteiger partial charge in [-0.2, -0.15) is 0 Å². The van der Waals surface area contributed by atoms with Gasteiger partial charge in [0, 0.05) is 11.6 Å². The van der Waals surface area contributed by atoms with Gasteiger partial charge in [0.1, 0.15) is 0 Å².